The lowest BCUT2D eigenvalue weighted by Gasteiger charge is -1.97. The van der Waals surface area contributed by atoms with Crippen LogP contribution in [0.2, 0.25) is 0 Å². The van der Waals surface area contributed by atoms with E-state index in [1.165, 1.54) is 70.4 Å². The maximum atomic E-state index is 10.9. The van der Waals surface area contributed by atoms with Crippen molar-refractivity contribution in [3.05, 3.63) is 67.8 Å². The predicted molar refractivity (Wildman–Crippen MR) is 136 cm³/mol. The van der Waals surface area contributed by atoms with Crippen LogP contribution in [0.5, 0.6) is 11.5 Å². The van der Waals surface area contributed by atoms with Gasteiger partial charge in [0.15, 0.2) is 8.68 Å². The normalized spacial score (nSPS) is 11.4. The maximum absolute atomic E-state index is 10.9. The Kier molecular flexibility index (Phi) is 7.78. The van der Waals surface area contributed by atoms with Crippen LogP contribution >= 0.6 is 44.3 Å². The van der Waals surface area contributed by atoms with E-state index in [0.29, 0.717) is 8.68 Å². The van der Waals surface area contributed by atoms with Crippen molar-refractivity contribution in [2.24, 2.45) is 9.98 Å². The third-order valence-electron chi connectivity index (χ3n) is 4.05. The molecule has 0 aliphatic rings. The molecular formula is C18H10N8O6S4. The van der Waals surface area contributed by atoms with E-state index >= 15 is 0 Å². The van der Waals surface area contributed by atoms with Crippen LogP contribution in [-0.4, -0.2) is 52.9 Å². The number of nitro benzene ring substituents is 2. The average molecular weight is 563 g/mol. The molecule has 0 amide bonds. The number of nitro groups is 2. The average Bonchev–Trinajstić information content (AvgIpc) is 3.50. The van der Waals surface area contributed by atoms with Gasteiger partial charge >= 0.3 is 0 Å². The first-order valence-electron chi connectivity index (χ1n) is 9.33. The number of rotatable bonds is 9. The highest BCUT2D eigenvalue weighted by molar-refractivity contribution is 8.77. The summed E-state index contributed by atoms with van der Waals surface area (Å²) in [5.74, 6) is -0.316. The molecule has 2 N–H and O–H groups in total. The Balaban J connectivity index is 1.36. The van der Waals surface area contributed by atoms with Gasteiger partial charge in [0, 0.05) is 47.8 Å². The lowest BCUT2D eigenvalue weighted by molar-refractivity contribution is -0.385. The minimum atomic E-state index is -0.574. The summed E-state index contributed by atoms with van der Waals surface area (Å²) >= 11 is 2.32. The summed E-state index contributed by atoms with van der Waals surface area (Å²) in [6.07, 6.45) is 2.53. The smallest absolute Gasteiger partial charge is 0.270 e. The second kappa shape index (κ2) is 11.2. The summed E-state index contributed by atoms with van der Waals surface area (Å²) in [5, 5.41) is 57.9. The van der Waals surface area contributed by atoms with E-state index < -0.39 is 9.85 Å². The highest BCUT2D eigenvalue weighted by Crippen LogP contribution is 2.42. The lowest BCUT2D eigenvalue weighted by Crippen LogP contribution is -1.90. The minimum absolute atomic E-state index is 0.158. The van der Waals surface area contributed by atoms with E-state index in [2.05, 4.69) is 30.4 Å². The third-order valence-corrected chi connectivity index (χ3v) is 8.66. The fraction of sp³-hybridized carbons (Fsp3) is 0. The first-order valence-corrected chi connectivity index (χ1v) is 13.1. The molecule has 0 saturated carbocycles. The quantitative estimate of drug-likeness (QED) is 0.121. The molecule has 0 atom stereocenters. The van der Waals surface area contributed by atoms with Crippen molar-refractivity contribution in [2.45, 2.75) is 8.68 Å². The molecule has 2 aromatic carbocycles. The summed E-state index contributed by atoms with van der Waals surface area (Å²) in [6, 6.07) is 7.19. The van der Waals surface area contributed by atoms with Gasteiger partial charge in [-0.1, -0.05) is 22.7 Å². The summed E-state index contributed by atoms with van der Waals surface area (Å²) in [7, 11) is 2.50. The topological polar surface area (TPSA) is 203 Å². The first-order chi connectivity index (χ1) is 17.3. The Morgan fingerprint density at radius 1 is 0.750 bits per heavy atom. The molecule has 18 heteroatoms. The Morgan fingerprint density at radius 2 is 1.17 bits per heavy atom. The van der Waals surface area contributed by atoms with Gasteiger partial charge in [-0.25, -0.2) is 9.98 Å². The molecule has 0 aliphatic heterocycles. The molecule has 0 aliphatic carbocycles. The Labute approximate surface area is 216 Å². The van der Waals surface area contributed by atoms with Crippen LogP contribution in [0.4, 0.5) is 21.6 Å². The molecule has 0 radical (unpaired) electrons. The van der Waals surface area contributed by atoms with Crippen LogP contribution in [0, 0.1) is 20.2 Å². The summed E-state index contributed by atoms with van der Waals surface area (Å²) in [5.41, 5.74) is -0.0182. The molecule has 4 aromatic rings. The van der Waals surface area contributed by atoms with Crippen molar-refractivity contribution in [2.75, 3.05) is 0 Å². The fourth-order valence-corrected chi connectivity index (χ4v) is 6.13. The molecule has 0 unspecified atom stereocenters. The number of aliphatic imine (C=N–C) groups is 2. The molecule has 0 bridgehead atoms. The molecule has 2 heterocycles. The standard InChI is InChI=1S/C18H10N8O6S4/c27-13-3-1-11(25(29)30)5-9(13)7-19-15-21-23-17(33-15)35-36-18-24-22-16(34-18)20-8-10-6-12(26(31)32)2-4-14(10)28/h1-8,27-28H/b19-7-,20-8-. The molecule has 0 saturated heterocycles. The number of phenolic OH excluding ortho intramolecular Hbond substituents is 2. The Bertz CT molecular complexity index is 1390. The van der Waals surface area contributed by atoms with Crippen molar-refractivity contribution >= 4 is 78.3 Å². The van der Waals surface area contributed by atoms with Crippen molar-refractivity contribution in [1.82, 2.24) is 20.4 Å². The molecule has 14 nitrogen and oxygen atoms in total. The zero-order chi connectivity index (χ0) is 25.7. The van der Waals surface area contributed by atoms with Gasteiger partial charge in [-0.15, -0.1) is 20.4 Å². The maximum Gasteiger partial charge on any atom is 0.270 e. The molecule has 2 aromatic heterocycles. The van der Waals surface area contributed by atoms with Crippen LogP contribution < -0.4 is 0 Å². The van der Waals surface area contributed by atoms with Crippen molar-refractivity contribution in [1.29, 1.82) is 0 Å². The Hall–Kier alpha value is -4.00. The van der Waals surface area contributed by atoms with E-state index in [-0.39, 0.29) is 44.3 Å². The monoisotopic (exact) mass is 562 g/mol. The SMILES string of the molecule is O=[N+]([O-])c1ccc(O)c(/C=N\c2nnc(SSc3nnc(/N=C\c4cc([N+](=O)[O-])ccc4O)s3)s2)c1. The predicted octanol–water partition coefficient (Wildman–Crippen LogP) is 4.92. The number of nitrogens with zero attached hydrogens (tertiary/aromatic N) is 8. The van der Waals surface area contributed by atoms with E-state index in [1.807, 2.05) is 0 Å². The number of hydrogen-bond acceptors (Lipinski definition) is 16. The van der Waals surface area contributed by atoms with E-state index in [1.54, 1.807) is 0 Å². The van der Waals surface area contributed by atoms with E-state index in [0.717, 1.165) is 22.7 Å². The zero-order valence-electron chi connectivity index (χ0n) is 17.4. The Morgan fingerprint density at radius 3 is 1.56 bits per heavy atom. The lowest BCUT2D eigenvalue weighted by atomic mass is 10.2. The van der Waals surface area contributed by atoms with Crippen LogP contribution in [0.15, 0.2) is 55.1 Å². The first kappa shape index (κ1) is 25.1. The highest BCUT2D eigenvalue weighted by Gasteiger charge is 2.12. The summed E-state index contributed by atoms with van der Waals surface area (Å²) in [6.45, 7) is 0. The van der Waals surface area contributed by atoms with Gasteiger partial charge in [-0.05, 0) is 33.7 Å². The van der Waals surface area contributed by atoms with Crippen molar-refractivity contribution in [3.63, 3.8) is 0 Å². The van der Waals surface area contributed by atoms with E-state index in [4.69, 9.17) is 0 Å². The number of aromatic hydroxyl groups is 2. The summed E-state index contributed by atoms with van der Waals surface area (Å²) in [4.78, 5) is 28.8. The van der Waals surface area contributed by atoms with Crippen LogP contribution in [0.3, 0.4) is 0 Å². The zero-order valence-corrected chi connectivity index (χ0v) is 20.6. The number of benzene rings is 2. The van der Waals surface area contributed by atoms with Gasteiger partial charge in [-0.2, -0.15) is 0 Å². The minimum Gasteiger partial charge on any atom is -0.507 e. The molecule has 0 spiro atoms. The fourth-order valence-electron chi connectivity index (χ4n) is 2.42. The molecular weight excluding hydrogens is 553 g/mol. The number of aromatic nitrogens is 4. The number of hydrogen-bond donors (Lipinski definition) is 2. The molecule has 36 heavy (non-hydrogen) atoms. The molecule has 0 fully saturated rings. The van der Waals surface area contributed by atoms with Crippen LogP contribution in [0.1, 0.15) is 11.1 Å². The number of non-ortho nitro benzene ring substituents is 2. The van der Waals surface area contributed by atoms with E-state index in [9.17, 15) is 30.4 Å². The molecule has 4 rings (SSSR count). The van der Waals surface area contributed by atoms with Crippen LogP contribution in [0.25, 0.3) is 0 Å². The van der Waals surface area contributed by atoms with Crippen LogP contribution in [-0.2, 0) is 0 Å². The van der Waals surface area contributed by atoms with Gasteiger partial charge in [0.2, 0.25) is 10.3 Å². The highest BCUT2D eigenvalue weighted by atomic mass is 33.1. The van der Waals surface area contributed by atoms with Crippen molar-refractivity contribution in [3.8, 4) is 11.5 Å². The second-order valence-electron chi connectivity index (χ2n) is 6.38. The number of phenols is 2. The molecule has 182 valence electrons. The second-order valence-corrected chi connectivity index (χ2v) is 10.9. The van der Waals surface area contributed by atoms with Crippen molar-refractivity contribution < 1.29 is 20.1 Å². The van der Waals surface area contributed by atoms with Gasteiger partial charge in [0.1, 0.15) is 11.5 Å². The summed E-state index contributed by atoms with van der Waals surface area (Å²) < 4.78 is 1.11. The van der Waals surface area contributed by atoms with Gasteiger partial charge in [-0.3, -0.25) is 20.2 Å². The third kappa shape index (κ3) is 6.36. The van der Waals surface area contributed by atoms with Gasteiger partial charge in [0.05, 0.1) is 9.85 Å². The van der Waals surface area contributed by atoms with Gasteiger partial charge in [0.25, 0.3) is 11.4 Å². The van der Waals surface area contributed by atoms with Gasteiger partial charge < -0.3 is 10.2 Å². The largest absolute Gasteiger partial charge is 0.507 e.